The Morgan fingerprint density at radius 2 is 1.85 bits per heavy atom. The summed E-state index contributed by atoms with van der Waals surface area (Å²) in [5.74, 6) is -0.151. The molecule has 20 heavy (non-hydrogen) atoms. The second kappa shape index (κ2) is 6.11. The molecule has 6 heteroatoms. The fourth-order valence-electron chi connectivity index (χ4n) is 2.76. The van der Waals surface area contributed by atoms with Crippen molar-refractivity contribution in [2.75, 3.05) is 12.3 Å². The van der Waals surface area contributed by atoms with Gasteiger partial charge in [0.2, 0.25) is 10.0 Å². The van der Waals surface area contributed by atoms with Gasteiger partial charge in [0.1, 0.15) is 0 Å². The number of rotatable bonds is 5. The summed E-state index contributed by atoms with van der Waals surface area (Å²) in [7, 11) is -3.52. The Labute approximate surface area is 120 Å². The molecule has 1 aliphatic carbocycles. The van der Waals surface area contributed by atoms with E-state index in [9.17, 15) is 13.5 Å². The van der Waals surface area contributed by atoms with Crippen LogP contribution in [0, 0.1) is 0 Å². The van der Waals surface area contributed by atoms with E-state index in [4.69, 9.17) is 5.73 Å². The van der Waals surface area contributed by atoms with Crippen molar-refractivity contribution in [3.63, 3.8) is 0 Å². The number of benzene rings is 1. The SMILES string of the molecule is Nc1ccccc1CS(=O)(=O)NC1(CO)CCCCC1. The van der Waals surface area contributed by atoms with Gasteiger partial charge < -0.3 is 10.8 Å². The molecule has 1 aromatic carbocycles. The smallest absolute Gasteiger partial charge is 0.216 e. The van der Waals surface area contributed by atoms with Gasteiger partial charge in [-0.1, -0.05) is 37.5 Å². The lowest BCUT2D eigenvalue weighted by molar-refractivity contribution is 0.142. The lowest BCUT2D eigenvalue weighted by Gasteiger charge is -2.36. The molecule has 5 nitrogen and oxygen atoms in total. The van der Waals surface area contributed by atoms with E-state index >= 15 is 0 Å². The third kappa shape index (κ3) is 3.71. The van der Waals surface area contributed by atoms with Crippen molar-refractivity contribution in [2.24, 2.45) is 0 Å². The molecule has 0 unspecified atom stereocenters. The van der Waals surface area contributed by atoms with E-state index < -0.39 is 15.6 Å². The lowest BCUT2D eigenvalue weighted by atomic mass is 9.83. The number of nitrogen functional groups attached to an aromatic ring is 1. The van der Waals surface area contributed by atoms with Crippen LogP contribution in [0.3, 0.4) is 0 Å². The molecule has 2 rings (SSSR count). The fourth-order valence-corrected chi connectivity index (χ4v) is 4.43. The number of aliphatic hydroxyl groups is 1. The standard InChI is InChI=1S/C14H22N2O3S/c15-13-7-3-2-6-12(13)10-20(18,19)16-14(11-17)8-4-1-5-9-14/h2-3,6-7,16-17H,1,4-5,8-11,15H2. The predicted octanol–water partition coefficient (Wildman–Crippen LogP) is 1.38. The Balaban J connectivity index is 2.12. The maximum atomic E-state index is 12.3. The Morgan fingerprint density at radius 1 is 1.20 bits per heavy atom. The minimum atomic E-state index is -3.52. The normalized spacial score (nSPS) is 18.9. The van der Waals surface area contributed by atoms with Crippen molar-refractivity contribution in [1.82, 2.24) is 4.72 Å². The summed E-state index contributed by atoms with van der Waals surface area (Å²) in [6, 6.07) is 6.94. The van der Waals surface area contributed by atoms with Gasteiger partial charge in [0, 0.05) is 5.69 Å². The molecule has 1 fully saturated rings. The highest BCUT2D eigenvalue weighted by molar-refractivity contribution is 7.88. The quantitative estimate of drug-likeness (QED) is 0.716. The van der Waals surface area contributed by atoms with E-state index in [0.29, 0.717) is 24.1 Å². The summed E-state index contributed by atoms with van der Waals surface area (Å²) in [6.07, 6.45) is 4.35. The third-order valence-corrected chi connectivity index (χ3v) is 5.32. The van der Waals surface area contributed by atoms with Crippen molar-refractivity contribution in [1.29, 1.82) is 0 Å². The summed E-state index contributed by atoms with van der Waals surface area (Å²) >= 11 is 0. The average molecular weight is 298 g/mol. The van der Waals surface area contributed by atoms with Crippen LogP contribution in [0.2, 0.25) is 0 Å². The zero-order valence-corrected chi connectivity index (χ0v) is 12.3. The second-order valence-corrected chi connectivity index (χ2v) is 7.28. The number of para-hydroxylation sites is 1. The molecule has 0 aromatic heterocycles. The average Bonchev–Trinajstić information content (AvgIpc) is 2.42. The number of sulfonamides is 1. The molecule has 1 saturated carbocycles. The van der Waals surface area contributed by atoms with Crippen molar-refractivity contribution in [3.05, 3.63) is 29.8 Å². The van der Waals surface area contributed by atoms with Crippen LogP contribution in [0.15, 0.2) is 24.3 Å². The van der Waals surface area contributed by atoms with E-state index in [0.717, 1.165) is 19.3 Å². The van der Waals surface area contributed by atoms with Gasteiger partial charge in [-0.25, -0.2) is 13.1 Å². The number of hydrogen-bond donors (Lipinski definition) is 3. The van der Waals surface area contributed by atoms with Crippen LogP contribution in [-0.2, 0) is 15.8 Å². The first-order chi connectivity index (χ1) is 9.46. The van der Waals surface area contributed by atoms with Crippen LogP contribution >= 0.6 is 0 Å². The largest absolute Gasteiger partial charge is 0.398 e. The summed E-state index contributed by atoms with van der Waals surface area (Å²) in [5.41, 5.74) is 6.15. The lowest BCUT2D eigenvalue weighted by Crippen LogP contribution is -2.52. The highest BCUT2D eigenvalue weighted by atomic mass is 32.2. The number of anilines is 1. The molecule has 0 bridgehead atoms. The fraction of sp³-hybridized carbons (Fsp3) is 0.571. The Morgan fingerprint density at radius 3 is 2.45 bits per heavy atom. The first-order valence-electron chi connectivity index (χ1n) is 6.92. The maximum absolute atomic E-state index is 12.3. The molecular formula is C14H22N2O3S. The van der Waals surface area contributed by atoms with Crippen molar-refractivity contribution >= 4 is 15.7 Å². The first kappa shape index (κ1) is 15.3. The van der Waals surface area contributed by atoms with Crippen LogP contribution in [0.25, 0.3) is 0 Å². The number of hydrogen-bond acceptors (Lipinski definition) is 4. The van der Waals surface area contributed by atoms with E-state index in [1.54, 1.807) is 24.3 Å². The Hall–Kier alpha value is -1.11. The Bertz CT molecular complexity index is 551. The van der Waals surface area contributed by atoms with Gasteiger partial charge in [-0.3, -0.25) is 0 Å². The van der Waals surface area contributed by atoms with Crippen LogP contribution in [-0.4, -0.2) is 25.7 Å². The molecule has 0 saturated heterocycles. The molecule has 1 aromatic rings. The highest BCUT2D eigenvalue weighted by Gasteiger charge is 2.35. The molecule has 1 aliphatic rings. The molecule has 0 amide bonds. The van der Waals surface area contributed by atoms with Crippen molar-refractivity contribution < 1.29 is 13.5 Å². The summed E-state index contributed by atoms with van der Waals surface area (Å²) in [6.45, 7) is -0.156. The summed E-state index contributed by atoms with van der Waals surface area (Å²) in [4.78, 5) is 0. The van der Waals surface area contributed by atoms with Gasteiger partial charge in [0.15, 0.2) is 0 Å². The van der Waals surface area contributed by atoms with E-state index in [1.807, 2.05) is 0 Å². The molecular weight excluding hydrogens is 276 g/mol. The van der Waals surface area contributed by atoms with E-state index in [1.165, 1.54) is 0 Å². The first-order valence-corrected chi connectivity index (χ1v) is 8.57. The van der Waals surface area contributed by atoms with Crippen LogP contribution in [0.5, 0.6) is 0 Å². The van der Waals surface area contributed by atoms with Gasteiger partial charge in [-0.2, -0.15) is 0 Å². The zero-order chi connectivity index (χ0) is 14.6. The molecule has 0 spiro atoms. The molecule has 0 radical (unpaired) electrons. The third-order valence-electron chi connectivity index (χ3n) is 3.89. The van der Waals surface area contributed by atoms with Crippen LogP contribution in [0.1, 0.15) is 37.7 Å². The number of nitrogens with two attached hydrogens (primary N) is 1. The minimum absolute atomic E-state index is 0.151. The molecule has 112 valence electrons. The highest BCUT2D eigenvalue weighted by Crippen LogP contribution is 2.29. The number of nitrogens with one attached hydrogen (secondary N) is 1. The summed E-state index contributed by atoms with van der Waals surface area (Å²) in [5, 5.41) is 9.57. The maximum Gasteiger partial charge on any atom is 0.216 e. The van der Waals surface area contributed by atoms with Crippen molar-refractivity contribution in [2.45, 2.75) is 43.4 Å². The van der Waals surface area contributed by atoms with E-state index in [-0.39, 0.29) is 12.4 Å². The van der Waals surface area contributed by atoms with Crippen LogP contribution < -0.4 is 10.5 Å². The number of aliphatic hydroxyl groups excluding tert-OH is 1. The zero-order valence-electron chi connectivity index (χ0n) is 11.5. The van der Waals surface area contributed by atoms with Gasteiger partial charge in [-0.15, -0.1) is 0 Å². The van der Waals surface area contributed by atoms with Crippen LogP contribution in [0.4, 0.5) is 5.69 Å². The van der Waals surface area contributed by atoms with Gasteiger partial charge in [-0.05, 0) is 24.5 Å². The Kier molecular flexibility index (Phi) is 4.67. The topological polar surface area (TPSA) is 92.4 Å². The molecule has 0 aliphatic heterocycles. The second-order valence-electron chi connectivity index (χ2n) is 5.56. The van der Waals surface area contributed by atoms with Gasteiger partial charge >= 0.3 is 0 Å². The molecule has 0 heterocycles. The van der Waals surface area contributed by atoms with Crippen molar-refractivity contribution in [3.8, 4) is 0 Å². The monoisotopic (exact) mass is 298 g/mol. The minimum Gasteiger partial charge on any atom is -0.398 e. The molecule has 4 N–H and O–H groups in total. The van der Waals surface area contributed by atoms with Gasteiger partial charge in [0.05, 0.1) is 17.9 Å². The summed E-state index contributed by atoms with van der Waals surface area (Å²) < 4.78 is 27.3. The predicted molar refractivity (Wildman–Crippen MR) is 79.5 cm³/mol. The van der Waals surface area contributed by atoms with Gasteiger partial charge in [0.25, 0.3) is 0 Å². The molecule has 0 atom stereocenters. The van der Waals surface area contributed by atoms with E-state index in [2.05, 4.69) is 4.72 Å².